The number of rotatable bonds is 1. The third kappa shape index (κ3) is 1.50. The lowest BCUT2D eigenvalue weighted by Crippen LogP contribution is -2.34. The molecule has 0 amide bonds. The highest BCUT2D eigenvalue weighted by molar-refractivity contribution is 6.05. The number of ketones is 1. The molecule has 1 unspecified atom stereocenters. The fourth-order valence-corrected chi connectivity index (χ4v) is 1.53. The lowest BCUT2D eigenvalue weighted by Gasteiger charge is -2.23. The SMILES string of the molecule is COC1COc2cc(O)cc(O)c2C1=O. The quantitative estimate of drug-likeness (QED) is 0.713. The number of carbonyl (C=O) groups excluding carboxylic acids is 1. The maximum Gasteiger partial charge on any atom is 0.202 e. The van der Waals surface area contributed by atoms with Gasteiger partial charge in [-0.05, 0) is 0 Å². The molecule has 0 spiro atoms. The Morgan fingerprint density at radius 2 is 2.20 bits per heavy atom. The van der Waals surface area contributed by atoms with Crippen LogP contribution in [0, 0.1) is 0 Å². The summed E-state index contributed by atoms with van der Waals surface area (Å²) in [5.74, 6) is -0.589. The molecule has 0 radical (unpaired) electrons. The Labute approximate surface area is 85.9 Å². The van der Waals surface area contributed by atoms with Crippen molar-refractivity contribution in [3.05, 3.63) is 17.7 Å². The van der Waals surface area contributed by atoms with Crippen LogP contribution in [-0.4, -0.2) is 35.8 Å². The van der Waals surface area contributed by atoms with Gasteiger partial charge in [0.1, 0.15) is 29.4 Å². The van der Waals surface area contributed by atoms with Gasteiger partial charge in [-0.25, -0.2) is 0 Å². The monoisotopic (exact) mass is 210 g/mol. The molecule has 1 aliphatic heterocycles. The van der Waals surface area contributed by atoms with E-state index < -0.39 is 6.10 Å². The van der Waals surface area contributed by atoms with Crippen LogP contribution in [-0.2, 0) is 4.74 Å². The van der Waals surface area contributed by atoms with Crippen LogP contribution in [0.2, 0.25) is 0 Å². The highest BCUT2D eigenvalue weighted by Crippen LogP contribution is 2.36. The molecule has 5 nitrogen and oxygen atoms in total. The number of benzene rings is 1. The van der Waals surface area contributed by atoms with E-state index in [0.717, 1.165) is 6.07 Å². The van der Waals surface area contributed by atoms with Crippen molar-refractivity contribution in [2.24, 2.45) is 0 Å². The highest BCUT2D eigenvalue weighted by atomic mass is 16.5. The molecule has 2 rings (SSSR count). The summed E-state index contributed by atoms with van der Waals surface area (Å²) in [6.07, 6.45) is -0.701. The second-order valence-corrected chi connectivity index (χ2v) is 3.24. The zero-order valence-electron chi connectivity index (χ0n) is 8.06. The fraction of sp³-hybridized carbons (Fsp3) is 0.300. The fourth-order valence-electron chi connectivity index (χ4n) is 1.53. The molecule has 0 saturated heterocycles. The Hall–Kier alpha value is -1.75. The van der Waals surface area contributed by atoms with Crippen molar-refractivity contribution in [1.29, 1.82) is 0 Å². The van der Waals surface area contributed by atoms with Gasteiger partial charge >= 0.3 is 0 Å². The number of hydrogen-bond donors (Lipinski definition) is 2. The summed E-state index contributed by atoms with van der Waals surface area (Å²) in [4.78, 5) is 11.7. The first-order chi connectivity index (χ1) is 7.13. The van der Waals surface area contributed by atoms with E-state index in [0.29, 0.717) is 0 Å². The van der Waals surface area contributed by atoms with Crippen molar-refractivity contribution in [2.45, 2.75) is 6.10 Å². The molecule has 0 aromatic heterocycles. The molecule has 0 aliphatic carbocycles. The lowest BCUT2D eigenvalue weighted by molar-refractivity contribution is 0.0363. The molecule has 0 fully saturated rings. The van der Waals surface area contributed by atoms with Crippen molar-refractivity contribution in [2.75, 3.05) is 13.7 Å². The van der Waals surface area contributed by atoms with E-state index in [1.54, 1.807) is 0 Å². The zero-order chi connectivity index (χ0) is 11.0. The van der Waals surface area contributed by atoms with E-state index in [2.05, 4.69) is 0 Å². The number of Topliss-reactive ketones (excluding diaryl/α,β-unsaturated/α-hetero) is 1. The van der Waals surface area contributed by atoms with Gasteiger partial charge in [0.15, 0.2) is 6.10 Å². The van der Waals surface area contributed by atoms with Gasteiger partial charge < -0.3 is 19.7 Å². The van der Waals surface area contributed by atoms with Crippen LogP contribution in [0.3, 0.4) is 0 Å². The van der Waals surface area contributed by atoms with Gasteiger partial charge in [-0.2, -0.15) is 0 Å². The van der Waals surface area contributed by atoms with E-state index >= 15 is 0 Å². The molecule has 80 valence electrons. The van der Waals surface area contributed by atoms with Crippen LogP contribution in [0.4, 0.5) is 0 Å². The van der Waals surface area contributed by atoms with Crippen molar-refractivity contribution in [3.8, 4) is 17.2 Å². The number of hydrogen-bond acceptors (Lipinski definition) is 5. The smallest absolute Gasteiger partial charge is 0.202 e. The molecular weight excluding hydrogens is 200 g/mol. The van der Waals surface area contributed by atoms with Crippen LogP contribution in [0.5, 0.6) is 17.2 Å². The van der Waals surface area contributed by atoms with Crippen molar-refractivity contribution in [1.82, 2.24) is 0 Å². The second kappa shape index (κ2) is 3.43. The van der Waals surface area contributed by atoms with Gasteiger partial charge in [0.25, 0.3) is 0 Å². The van der Waals surface area contributed by atoms with E-state index in [1.807, 2.05) is 0 Å². The summed E-state index contributed by atoms with van der Waals surface area (Å²) in [5.41, 5.74) is 0.0610. The average molecular weight is 210 g/mol. The number of carbonyl (C=O) groups is 1. The number of aromatic hydroxyl groups is 2. The van der Waals surface area contributed by atoms with Crippen molar-refractivity contribution in [3.63, 3.8) is 0 Å². The molecule has 1 aliphatic rings. The van der Waals surface area contributed by atoms with Gasteiger partial charge in [-0.3, -0.25) is 4.79 Å². The molecule has 2 N–H and O–H groups in total. The van der Waals surface area contributed by atoms with Gasteiger partial charge in [0.05, 0.1) is 0 Å². The maximum absolute atomic E-state index is 11.7. The van der Waals surface area contributed by atoms with Crippen LogP contribution in [0.15, 0.2) is 12.1 Å². The van der Waals surface area contributed by atoms with Crippen LogP contribution in [0.25, 0.3) is 0 Å². The Morgan fingerprint density at radius 3 is 2.87 bits per heavy atom. The average Bonchev–Trinajstić information content (AvgIpc) is 2.17. The number of fused-ring (bicyclic) bond motifs is 1. The van der Waals surface area contributed by atoms with Crippen LogP contribution >= 0.6 is 0 Å². The topological polar surface area (TPSA) is 76.0 Å². The molecular formula is C10H10O5. The minimum Gasteiger partial charge on any atom is -0.508 e. The molecule has 1 aromatic carbocycles. The predicted octanol–water partition coefficient (Wildman–Crippen LogP) is 0.688. The number of phenols is 2. The maximum atomic E-state index is 11.7. The van der Waals surface area contributed by atoms with Gasteiger partial charge in [0.2, 0.25) is 5.78 Å². The van der Waals surface area contributed by atoms with E-state index in [4.69, 9.17) is 9.47 Å². The van der Waals surface area contributed by atoms with Gasteiger partial charge in [-0.15, -0.1) is 0 Å². The number of ether oxygens (including phenoxy) is 2. The zero-order valence-corrected chi connectivity index (χ0v) is 8.06. The first kappa shape index (κ1) is 9.79. The summed E-state index contributed by atoms with van der Waals surface area (Å²) in [5, 5.41) is 18.7. The van der Waals surface area contributed by atoms with Crippen molar-refractivity contribution >= 4 is 5.78 Å². The molecule has 15 heavy (non-hydrogen) atoms. The molecule has 0 saturated carbocycles. The highest BCUT2D eigenvalue weighted by Gasteiger charge is 2.31. The van der Waals surface area contributed by atoms with E-state index in [-0.39, 0.29) is 35.2 Å². The third-order valence-electron chi connectivity index (χ3n) is 2.28. The summed E-state index contributed by atoms with van der Waals surface area (Å²) in [6.45, 7) is 0.0885. The van der Waals surface area contributed by atoms with Gasteiger partial charge in [-0.1, -0.05) is 0 Å². The van der Waals surface area contributed by atoms with Crippen LogP contribution < -0.4 is 4.74 Å². The summed E-state index contributed by atoms with van der Waals surface area (Å²) >= 11 is 0. The lowest BCUT2D eigenvalue weighted by atomic mass is 10.0. The number of phenolic OH excluding ortho intramolecular Hbond substituents is 2. The minimum absolute atomic E-state index is 0.0610. The van der Waals surface area contributed by atoms with E-state index in [9.17, 15) is 15.0 Å². The normalized spacial score (nSPS) is 19.5. The summed E-state index contributed by atoms with van der Waals surface area (Å²) in [7, 11) is 1.40. The Morgan fingerprint density at radius 1 is 1.47 bits per heavy atom. The molecule has 1 aromatic rings. The molecule has 0 bridgehead atoms. The molecule has 1 heterocycles. The minimum atomic E-state index is -0.701. The Kier molecular flexibility index (Phi) is 2.24. The summed E-state index contributed by atoms with van der Waals surface area (Å²) in [6, 6.07) is 2.39. The molecule has 1 atom stereocenters. The van der Waals surface area contributed by atoms with Gasteiger partial charge in [0, 0.05) is 19.2 Å². The first-order valence-electron chi connectivity index (χ1n) is 4.39. The first-order valence-corrected chi connectivity index (χ1v) is 4.39. The third-order valence-corrected chi connectivity index (χ3v) is 2.28. The van der Waals surface area contributed by atoms with E-state index in [1.165, 1.54) is 13.2 Å². The van der Waals surface area contributed by atoms with Crippen molar-refractivity contribution < 1.29 is 24.5 Å². The Bertz CT molecular complexity index is 413. The summed E-state index contributed by atoms with van der Waals surface area (Å²) < 4.78 is 10.1. The molecule has 5 heteroatoms. The predicted molar refractivity (Wildman–Crippen MR) is 50.4 cm³/mol. The second-order valence-electron chi connectivity index (χ2n) is 3.24. The van der Waals surface area contributed by atoms with Crippen LogP contribution in [0.1, 0.15) is 10.4 Å². The number of methoxy groups -OCH3 is 1. The Balaban J connectivity index is 2.52. The largest absolute Gasteiger partial charge is 0.508 e. The standard InChI is InChI=1S/C10H10O5/c1-14-8-4-15-7-3-5(11)2-6(12)9(7)10(8)13/h2-3,8,11-12H,4H2,1H3.